The van der Waals surface area contributed by atoms with E-state index in [1.807, 2.05) is 0 Å². The van der Waals surface area contributed by atoms with E-state index < -0.39 is 6.10 Å². The molecule has 0 amide bonds. The average Bonchev–Trinajstić information content (AvgIpc) is 2.26. The lowest BCUT2D eigenvalue weighted by Gasteiger charge is -2.21. The van der Waals surface area contributed by atoms with E-state index in [1.54, 1.807) is 12.1 Å². The molecule has 1 aromatic rings. The second-order valence-corrected chi connectivity index (χ2v) is 3.55. The fourth-order valence-corrected chi connectivity index (χ4v) is 1.52. The van der Waals surface area contributed by atoms with Crippen LogP contribution in [-0.4, -0.2) is 29.6 Å². The van der Waals surface area contributed by atoms with Gasteiger partial charge in [-0.25, -0.2) is 4.39 Å². The molecule has 0 aliphatic rings. The van der Waals surface area contributed by atoms with Crippen molar-refractivity contribution in [1.82, 2.24) is 4.90 Å². The molecule has 0 spiro atoms. The third-order valence-corrected chi connectivity index (χ3v) is 2.58. The van der Waals surface area contributed by atoms with E-state index in [4.69, 9.17) is 0 Å². The van der Waals surface area contributed by atoms with Crippen molar-refractivity contribution < 1.29 is 9.50 Å². The molecule has 0 aliphatic heterocycles. The second kappa shape index (κ2) is 5.83. The Balaban J connectivity index is 2.60. The molecule has 1 atom stereocenters. The minimum atomic E-state index is -0.537. The minimum Gasteiger partial charge on any atom is -0.387 e. The zero-order chi connectivity index (χ0) is 11.3. The van der Waals surface area contributed by atoms with Crippen molar-refractivity contribution >= 4 is 0 Å². The van der Waals surface area contributed by atoms with Crippen LogP contribution in [0.4, 0.5) is 4.39 Å². The average molecular weight is 211 g/mol. The molecule has 0 bridgehead atoms. The second-order valence-electron chi connectivity index (χ2n) is 3.55. The van der Waals surface area contributed by atoms with Crippen LogP contribution >= 0.6 is 0 Å². The monoisotopic (exact) mass is 211 g/mol. The van der Waals surface area contributed by atoms with Crippen LogP contribution in [0.3, 0.4) is 0 Å². The predicted molar refractivity (Wildman–Crippen MR) is 59.1 cm³/mol. The third kappa shape index (κ3) is 3.61. The van der Waals surface area contributed by atoms with Crippen molar-refractivity contribution in [1.29, 1.82) is 0 Å². The molecule has 84 valence electrons. The molecule has 1 unspecified atom stereocenters. The quantitative estimate of drug-likeness (QED) is 0.807. The Morgan fingerprint density at radius 1 is 1.20 bits per heavy atom. The van der Waals surface area contributed by atoms with Gasteiger partial charge in [0.15, 0.2) is 0 Å². The van der Waals surface area contributed by atoms with Crippen LogP contribution in [0.1, 0.15) is 25.5 Å². The molecule has 0 aromatic heterocycles. The standard InChI is InChI=1S/C12H18FNO/c1-3-14(4-2)9-12(15)10-5-7-11(13)8-6-10/h5-8,12,15H,3-4,9H2,1-2H3. The molecule has 0 radical (unpaired) electrons. The van der Waals surface area contributed by atoms with Gasteiger partial charge in [-0.1, -0.05) is 26.0 Å². The maximum atomic E-state index is 12.7. The fraction of sp³-hybridized carbons (Fsp3) is 0.500. The maximum Gasteiger partial charge on any atom is 0.123 e. The summed E-state index contributed by atoms with van der Waals surface area (Å²) in [4.78, 5) is 2.13. The lowest BCUT2D eigenvalue weighted by Crippen LogP contribution is -2.28. The van der Waals surface area contributed by atoms with Crippen molar-refractivity contribution in [3.05, 3.63) is 35.6 Å². The van der Waals surface area contributed by atoms with Gasteiger partial charge in [0.2, 0.25) is 0 Å². The van der Waals surface area contributed by atoms with Crippen LogP contribution in [0.5, 0.6) is 0 Å². The van der Waals surface area contributed by atoms with Gasteiger partial charge in [0, 0.05) is 6.54 Å². The Kier molecular flexibility index (Phi) is 4.72. The van der Waals surface area contributed by atoms with Crippen LogP contribution in [0.25, 0.3) is 0 Å². The zero-order valence-electron chi connectivity index (χ0n) is 9.28. The molecule has 0 saturated carbocycles. The normalized spacial score (nSPS) is 13.1. The number of hydrogen-bond acceptors (Lipinski definition) is 2. The molecule has 15 heavy (non-hydrogen) atoms. The summed E-state index contributed by atoms with van der Waals surface area (Å²) in [6, 6.07) is 6.01. The van der Waals surface area contributed by atoms with Gasteiger partial charge in [-0.3, -0.25) is 0 Å². The van der Waals surface area contributed by atoms with Gasteiger partial charge in [0.05, 0.1) is 6.10 Å². The van der Waals surface area contributed by atoms with Gasteiger partial charge in [0.1, 0.15) is 5.82 Å². The highest BCUT2D eigenvalue weighted by Crippen LogP contribution is 2.14. The Labute approximate surface area is 90.3 Å². The maximum absolute atomic E-state index is 12.7. The molecule has 2 nitrogen and oxygen atoms in total. The van der Waals surface area contributed by atoms with Crippen LogP contribution in [-0.2, 0) is 0 Å². The molecule has 0 heterocycles. The summed E-state index contributed by atoms with van der Waals surface area (Å²) in [5.41, 5.74) is 0.767. The van der Waals surface area contributed by atoms with Gasteiger partial charge >= 0.3 is 0 Å². The van der Waals surface area contributed by atoms with E-state index in [2.05, 4.69) is 18.7 Å². The fourth-order valence-electron chi connectivity index (χ4n) is 1.52. The van der Waals surface area contributed by atoms with Crippen LogP contribution < -0.4 is 0 Å². The van der Waals surface area contributed by atoms with Gasteiger partial charge in [-0.15, -0.1) is 0 Å². The first-order valence-corrected chi connectivity index (χ1v) is 5.33. The molecular formula is C12H18FNO. The number of nitrogens with zero attached hydrogens (tertiary/aromatic N) is 1. The van der Waals surface area contributed by atoms with E-state index in [0.29, 0.717) is 6.54 Å². The molecule has 1 rings (SSSR count). The van der Waals surface area contributed by atoms with E-state index in [0.717, 1.165) is 18.7 Å². The number of aliphatic hydroxyl groups excluding tert-OH is 1. The van der Waals surface area contributed by atoms with Crippen LogP contribution in [0.2, 0.25) is 0 Å². The SMILES string of the molecule is CCN(CC)CC(O)c1ccc(F)cc1. The van der Waals surface area contributed by atoms with Gasteiger partial charge in [-0.05, 0) is 30.8 Å². The Hall–Kier alpha value is -0.930. The number of benzene rings is 1. The Bertz CT molecular complexity index is 282. The zero-order valence-corrected chi connectivity index (χ0v) is 9.28. The summed E-state index contributed by atoms with van der Waals surface area (Å²) in [6.45, 7) is 6.53. The van der Waals surface area contributed by atoms with Crippen molar-refractivity contribution in [3.8, 4) is 0 Å². The molecule has 0 fully saturated rings. The lowest BCUT2D eigenvalue weighted by molar-refractivity contribution is 0.119. The minimum absolute atomic E-state index is 0.270. The van der Waals surface area contributed by atoms with E-state index in [1.165, 1.54) is 12.1 Å². The molecular weight excluding hydrogens is 193 g/mol. The van der Waals surface area contributed by atoms with Crippen molar-refractivity contribution in [2.75, 3.05) is 19.6 Å². The Morgan fingerprint density at radius 2 is 1.73 bits per heavy atom. The first kappa shape index (κ1) is 12.1. The molecule has 0 saturated heterocycles. The van der Waals surface area contributed by atoms with Gasteiger partial charge < -0.3 is 10.0 Å². The van der Waals surface area contributed by atoms with Crippen molar-refractivity contribution in [2.24, 2.45) is 0 Å². The number of rotatable bonds is 5. The largest absolute Gasteiger partial charge is 0.387 e. The molecule has 0 aliphatic carbocycles. The summed E-state index contributed by atoms with van der Waals surface area (Å²) < 4.78 is 12.7. The van der Waals surface area contributed by atoms with E-state index >= 15 is 0 Å². The summed E-state index contributed by atoms with van der Waals surface area (Å²) >= 11 is 0. The topological polar surface area (TPSA) is 23.5 Å². The molecule has 1 N–H and O–H groups in total. The van der Waals surface area contributed by atoms with Crippen molar-refractivity contribution in [2.45, 2.75) is 20.0 Å². The highest BCUT2D eigenvalue weighted by atomic mass is 19.1. The summed E-state index contributed by atoms with van der Waals surface area (Å²) in [5, 5.41) is 9.88. The van der Waals surface area contributed by atoms with Crippen molar-refractivity contribution in [3.63, 3.8) is 0 Å². The third-order valence-electron chi connectivity index (χ3n) is 2.58. The van der Waals surface area contributed by atoms with Gasteiger partial charge in [-0.2, -0.15) is 0 Å². The smallest absolute Gasteiger partial charge is 0.123 e. The molecule has 3 heteroatoms. The summed E-state index contributed by atoms with van der Waals surface area (Å²) in [7, 11) is 0. The number of halogens is 1. The van der Waals surface area contributed by atoms with E-state index in [-0.39, 0.29) is 5.82 Å². The Morgan fingerprint density at radius 3 is 2.20 bits per heavy atom. The first-order chi connectivity index (χ1) is 7.17. The highest BCUT2D eigenvalue weighted by Gasteiger charge is 2.10. The lowest BCUT2D eigenvalue weighted by atomic mass is 10.1. The van der Waals surface area contributed by atoms with Crippen LogP contribution in [0, 0.1) is 5.82 Å². The highest BCUT2D eigenvalue weighted by molar-refractivity contribution is 5.18. The number of hydrogen-bond donors (Lipinski definition) is 1. The first-order valence-electron chi connectivity index (χ1n) is 5.33. The number of aliphatic hydroxyl groups is 1. The summed E-state index contributed by atoms with van der Waals surface area (Å²) in [5.74, 6) is -0.270. The van der Waals surface area contributed by atoms with Crippen LogP contribution in [0.15, 0.2) is 24.3 Å². The van der Waals surface area contributed by atoms with E-state index in [9.17, 15) is 9.50 Å². The number of likely N-dealkylation sites (N-methyl/N-ethyl adjacent to an activating group) is 1. The molecule has 1 aromatic carbocycles. The summed E-state index contributed by atoms with van der Waals surface area (Å²) in [6.07, 6.45) is -0.537. The predicted octanol–water partition coefficient (Wildman–Crippen LogP) is 2.20. The van der Waals surface area contributed by atoms with Gasteiger partial charge in [0.25, 0.3) is 0 Å².